The molecule has 1 heterocycles. The van der Waals surface area contributed by atoms with E-state index in [0.29, 0.717) is 0 Å². The molecule has 0 aromatic heterocycles. The minimum Gasteiger partial charge on any atom is -0.342 e. The first-order valence-electron chi connectivity index (χ1n) is 7.46. The highest BCUT2D eigenvalue weighted by molar-refractivity contribution is 7.80. The van der Waals surface area contributed by atoms with Crippen LogP contribution in [0.25, 0.3) is 0 Å². The van der Waals surface area contributed by atoms with E-state index in [9.17, 15) is 0 Å². The third kappa shape index (κ3) is 2.42. The molecule has 1 saturated carbocycles. The number of thiocarbonyl (C=S) groups is 1. The molecule has 0 unspecified atom stereocenters. The van der Waals surface area contributed by atoms with E-state index in [2.05, 4.69) is 49.7 Å². The minimum absolute atomic E-state index is 0.0342. The van der Waals surface area contributed by atoms with Crippen molar-refractivity contribution < 1.29 is 0 Å². The lowest BCUT2D eigenvalue weighted by molar-refractivity contribution is 0.192. The van der Waals surface area contributed by atoms with Gasteiger partial charge in [-0.25, -0.2) is 5.43 Å². The number of aryl methyl sites for hydroxylation is 2. The number of hydrogen-bond acceptors (Lipinski definition) is 2. The molecule has 1 spiro atoms. The van der Waals surface area contributed by atoms with Crippen LogP contribution in [-0.2, 0) is 0 Å². The highest BCUT2D eigenvalue weighted by Gasteiger charge is 2.43. The quantitative estimate of drug-likeness (QED) is 0.775. The Morgan fingerprint density at radius 2 is 2.10 bits per heavy atom. The van der Waals surface area contributed by atoms with Crippen LogP contribution < -0.4 is 15.8 Å². The molecule has 4 heteroatoms. The third-order valence-corrected chi connectivity index (χ3v) is 4.91. The average molecular weight is 289 g/mol. The molecule has 2 atom stereocenters. The second-order valence-corrected chi connectivity index (χ2v) is 6.82. The van der Waals surface area contributed by atoms with Gasteiger partial charge in [-0.05, 0) is 74.5 Å². The van der Waals surface area contributed by atoms with Gasteiger partial charge >= 0.3 is 0 Å². The Kier molecular flexibility index (Phi) is 3.46. The maximum absolute atomic E-state index is 5.54. The molecule has 0 radical (unpaired) electrons. The van der Waals surface area contributed by atoms with Gasteiger partial charge in [0.25, 0.3) is 0 Å². The Hall–Kier alpha value is -1.13. The summed E-state index contributed by atoms with van der Waals surface area (Å²) in [5.74, 6) is 0.742. The fourth-order valence-corrected chi connectivity index (χ4v) is 3.71. The van der Waals surface area contributed by atoms with Gasteiger partial charge in [0.1, 0.15) is 5.66 Å². The van der Waals surface area contributed by atoms with Crippen LogP contribution in [0.4, 0.5) is 5.69 Å². The van der Waals surface area contributed by atoms with Crippen LogP contribution >= 0.6 is 12.2 Å². The molecule has 1 aliphatic heterocycles. The van der Waals surface area contributed by atoms with Crippen molar-refractivity contribution in [3.63, 3.8) is 0 Å². The van der Waals surface area contributed by atoms with Crippen molar-refractivity contribution in [3.8, 4) is 0 Å². The number of rotatable bonds is 1. The molecule has 108 valence electrons. The van der Waals surface area contributed by atoms with Crippen LogP contribution in [0.15, 0.2) is 18.2 Å². The van der Waals surface area contributed by atoms with Crippen LogP contribution in [0.2, 0.25) is 0 Å². The smallest absolute Gasteiger partial charge is 0.189 e. The van der Waals surface area contributed by atoms with E-state index in [-0.39, 0.29) is 5.66 Å². The molecular formula is C16H23N3S. The van der Waals surface area contributed by atoms with Crippen molar-refractivity contribution in [1.29, 1.82) is 0 Å². The highest BCUT2D eigenvalue weighted by Crippen LogP contribution is 2.34. The van der Waals surface area contributed by atoms with Gasteiger partial charge < -0.3 is 5.32 Å². The second kappa shape index (κ2) is 5.01. The fourth-order valence-electron chi connectivity index (χ4n) is 3.37. The van der Waals surface area contributed by atoms with Gasteiger partial charge in [0.05, 0.1) is 5.69 Å². The van der Waals surface area contributed by atoms with Crippen LogP contribution in [0.3, 0.4) is 0 Å². The van der Waals surface area contributed by atoms with Crippen molar-refractivity contribution >= 4 is 23.0 Å². The SMILES string of the molecule is Cc1ccc(N2N[C@@]3(CCC[C@H](C)C3)NC2=S)cc1C. The fraction of sp³-hybridized carbons (Fsp3) is 0.562. The topological polar surface area (TPSA) is 27.3 Å². The first-order chi connectivity index (χ1) is 9.49. The van der Waals surface area contributed by atoms with E-state index in [0.717, 1.165) is 29.6 Å². The predicted molar refractivity (Wildman–Crippen MR) is 87.6 cm³/mol. The number of hydrazine groups is 1. The number of benzene rings is 1. The first kappa shape index (κ1) is 13.8. The Balaban J connectivity index is 1.85. The summed E-state index contributed by atoms with van der Waals surface area (Å²) in [7, 11) is 0. The Labute approximate surface area is 126 Å². The zero-order valence-electron chi connectivity index (χ0n) is 12.5. The van der Waals surface area contributed by atoms with Crippen molar-refractivity contribution in [2.45, 2.75) is 52.1 Å². The maximum atomic E-state index is 5.54. The number of hydrogen-bond donors (Lipinski definition) is 2. The highest BCUT2D eigenvalue weighted by atomic mass is 32.1. The van der Waals surface area contributed by atoms with Gasteiger partial charge in [-0.1, -0.05) is 19.4 Å². The standard InChI is InChI=1S/C16H23N3S/c1-11-5-4-8-16(10-11)17-15(20)19(18-16)14-7-6-12(2)13(3)9-14/h6-7,9,11,18H,4-5,8,10H2,1-3H3,(H,17,20)/t11-,16+/m0/s1. The van der Waals surface area contributed by atoms with Gasteiger partial charge in [-0.2, -0.15) is 0 Å². The Bertz CT molecular complexity index is 543. The third-order valence-electron chi connectivity index (χ3n) is 4.62. The maximum Gasteiger partial charge on any atom is 0.189 e. The summed E-state index contributed by atoms with van der Waals surface area (Å²) in [6.07, 6.45) is 4.85. The van der Waals surface area contributed by atoms with Crippen LogP contribution in [0.1, 0.15) is 43.7 Å². The van der Waals surface area contributed by atoms with Gasteiger partial charge in [0.15, 0.2) is 5.11 Å². The molecule has 1 aromatic carbocycles. The lowest BCUT2D eigenvalue weighted by Crippen LogP contribution is -2.53. The van der Waals surface area contributed by atoms with Crippen molar-refractivity contribution in [2.75, 3.05) is 5.01 Å². The van der Waals surface area contributed by atoms with Crippen molar-refractivity contribution in [1.82, 2.24) is 10.7 Å². The normalized spacial score (nSPS) is 29.9. The number of nitrogens with one attached hydrogen (secondary N) is 2. The lowest BCUT2D eigenvalue weighted by atomic mass is 9.83. The Morgan fingerprint density at radius 3 is 2.80 bits per heavy atom. The summed E-state index contributed by atoms with van der Waals surface area (Å²) in [6, 6.07) is 6.49. The molecule has 2 aliphatic rings. The van der Waals surface area contributed by atoms with E-state index in [1.54, 1.807) is 0 Å². The van der Waals surface area contributed by atoms with Gasteiger partial charge in [0, 0.05) is 0 Å². The van der Waals surface area contributed by atoms with E-state index in [1.807, 2.05) is 5.01 Å². The summed E-state index contributed by atoms with van der Waals surface area (Å²) in [6.45, 7) is 6.60. The van der Waals surface area contributed by atoms with Crippen LogP contribution in [0, 0.1) is 19.8 Å². The molecule has 2 N–H and O–H groups in total. The van der Waals surface area contributed by atoms with E-state index < -0.39 is 0 Å². The molecule has 0 amide bonds. The van der Waals surface area contributed by atoms with Crippen molar-refractivity contribution in [3.05, 3.63) is 29.3 Å². The van der Waals surface area contributed by atoms with Crippen LogP contribution in [0.5, 0.6) is 0 Å². The van der Waals surface area contributed by atoms with E-state index >= 15 is 0 Å². The van der Waals surface area contributed by atoms with Gasteiger partial charge in [-0.3, -0.25) is 5.01 Å². The predicted octanol–water partition coefficient (Wildman–Crippen LogP) is 3.41. The zero-order valence-corrected chi connectivity index (χ0v) is 13.3. The monoisotopic (exact) mass is 289 g/mol. The number of anilines is 1. The zero-order chi connectivity index (χ0) is 14.3. The van der Waals surface area contributed by atoms with E-state index in [4.69, 9.17) is 12.2 Å². The molecule has 3 rings (SSSR count). The van der Waals surface area contributed by atoms with Crippen LogP contribution in [-0.4, -0.2) is 10.8 Å². The second-order valence-electron chi connectivity index (χ2n) is 6.43. The Morgan fingerprint density at radius 1 is 1.30 bits per heavy atom. The lowest BCUT2D eigenvalue weighted by Gasteiger charge is -2.36. The largest absolute Gasteiger partial charge is 0.342 e. The molecule has 1 aromatic rings. The summed E-state index contributed by atoms with van der Waals surface area (Å²) in [5, 5.41) is 6.36. The average Bonchev–Trinajstić information content (AvgIpc) is 2.69. The van der Waals surface area contributed by atoms with Gasteiger partial charge in [0.2, 0.25) is 0 Å². The molecule has 1 saturated heterocycles. The summed E-state index contributed by atoms with van der Waals surface area (Å²) in [5.41, 5.74) is 7.33. The number of nitrogens with zero attached hydrogens (tertiary/aromatic N) is 1. The molecule has 3 nitrogen and oxygen atoms in total. The van der Waals surface area contributed by atoms with E-state index in [1.165, 1.54) is 24.0 Å². The molecule has 0 bridgehead atoms. The molecule has 20 heavy (non-hydrogen) atoms. The van der Waals surface area contributed by atoms with Crippen molar-refractivity contribution in [2.24, 2.45) is 5.92 Å². The van der Waals surface area contributed by atoms with Gasteiger partial charge in [-0.15, -0.1) is 0 Å². The summed E-state index contributed by atoms with van der Waals surface area (Å²) in [4.78, 5) is 0. The molecule has 2 fully saturated rings. The summed E-state index contributed by atoms with van der Waals surface area (Å²) >= 11 is 5.54. The molecule has 1 aliphatic carbocycles. The minimum atomic E-state index is -0.0342. The first-order valence-corrected chi connectivity index (χ1v) is 7.87. The summed E-state index contributed by atoms with van der Waals surface area (Å²) < 4.78 is 0. The molecular weight excluding hydrogens is 266 g/mol.